The van der Waals surface area contributed by atoms with Gasteiger partial charge in [-0.15, -0.1) is 5.10 Å². The topological polar surface area (TPSA) is 99.3 Å². The van der Waals surface area contributed by atoms with Crippen molar-refractivity contribution in [2.45, 2.75) is 4.34 Å². The number of hydrogen-bond donors (Lipinski definition) is 1. The largest absolute Gasteiger partial charge is 0.495 e. The maximum Gasteiger partial charge on any atom is 0.271 e. The second kappa shape index (κ2) is 9.35. The predicted molar refractivity (Wildman–Crippen MR) is 116 cm³/mol. The molecule has 0 aliphatic carbocycles. The van der Waals surface area contributed by atoms with Gasteiger partial charge in [-0.2, -0.15) is 0 Å². The SMILES string of the molecule is COc1ccc([N+](=O)[O-])cc1NC(=O)CSc1nn(-c2ccc(Cl)cc2)c(=S)s1. The fourth-order valence-electron chi connectivity index (χ4n) is 2.29. The Kier molecular flexibility index (Phi) is 6.85. The fourth-order valence-corrected chi connectivity index (χ4v) is 4.57. The van der Waals surface area contributed by atoms with Gasteiger partial charge in [0.25, 0.3) is 5.69 Å². The van der Waals surface area contributed by atoms with Crippen molar-refractivity contribution in [3.63, 3.8) is 0 Å². The molecule has 0 aliphatic heterocycles. The Labute approximate surface area is 183 Å². The third kappa shape index (κ3) is 5.32. The van der Waals surface area contributed by atoms with Gasteiger partial charge >= 0.3 is 0 Å². The van der Waals surface area contributed by atoms with Crippen molar-refractivity contribution in [3.8, 4) is 11.4 Å². The van der Waals surface area contributed by atoms with Crippen LogP contribution in [0.25, 0.3) is 5.69 Å². The van der Waals surface area contributed by atoms with Crippen molar-refractivity contribution in [1.29, 1.82) is 0 Å². The highest BCUT2D eigenvalue weighted by Gasteiger charge is 2.15. The number of ether oxygens (including phenoxy) is 1. The minimum atomic E-state index is -0.542. The lowest BCUT2D eigenvalue weighted by Gasteiger charge is -2.09. The first-order chi connectivity index (χ1) is 13.9. The van der Waals surface area contributed by atoms with Crippen LogP contribution < -0.4 is 10.1 Å². The summed E-state index contributed by atoms with van der Waals surface area (Å²) >= 11 is 13.7. The molecule has 2 aromatic carbocycles. The first-order valence-corrected chi connectivity index (χ1v) is 10.6. The number of thioether (sulfide) groups is 1. The Hall–Kier alpha value is -2.47. The van der Waals surface area contributed by atoms with Gasteiger partial charge in [-0.3, -0.25) is 14.9 Å². The lowest BCUT2D eigenvalue weighted by molar-refractivity contribution is -0.384. The van der Waals surface area contributed by atoms with Crippen LogP contribution >= 0.6 is 46.9 Å². The van der Waals surface area contributed by atoms with Crippen LogP contribution in [0.3, 0.4) is 0 Å². The van der Waals surface area contributed by atoms with E-state index < -0.39 is 4.92 Å². The van der Waals surface area contributed by atoms with Gasteiger partial charge in [-0.25, -0.2) is 4.68 Å². The number of carbonyl (C=O) groups excluding carboxylic acids is 1. The molecule has 29 heavy (non-hydrogen) atoms. The summed E-state index contributed by atoms with van der Waals surface area (Å²) in [6, 6.07) is 11.1. The molecule has 0 radical (unpaired) electrons. The van der Waals surface area contributed by atoms with Crippen LogP contribution in [0, 0.1) is 14.1 Å². The molecule has 0 atom stereocenters. The van der Waals surface area contributed by atoms with Gasteiger partial charge in [0.1, 0.15) is 5.75 Å². The Morgan fingerprint density at radius 1 is 1.38 bits per heavy atom. The molecule has 1 heterocycles. The van der Waals surface area contributed by atoms with E-state index in [9.17, 15) is 14.9 Å². The molecule has 0 bridgehead atoms. The minimum Gasteiger partial charge on any atom is -0.495 e. The van der Waals surface area contributed by atoms with Gasteiger partial charge < -0.3 is 10.1 Å². The van der Waals surface area contributed by atoms with Gasteiger partial charge in [-0.1, -0.05) is 34.7 Å². The van der Waals surface area contributed by atoms with Crippen LogP contribution in [0.2, 0.25) is 5.02 Å². The third-order valence-electron chi connectivity index (χ3n) is 3.60. The van der Waals surface area contributed by atoms with E-state index >= 15 is 0 Å². The number of methoxy groups -OCH3 is 1. The number of nitro groups is 1. The van der Waals surface area contributed by atoms with Crippen molar-refractivity contribution < 1.29 is 14.5 Å². The van der Waals surface area contributed by atoms with E-state index in [4.69, 9.17) is 28.6 Å². The van der Waals surface area contributed by atoms with Crippen LogP contribution in [0.1, 0.15) is 0 Å². The van der Waals surface area contributed by atoms with Crippen LogP contribution in [0.15, 0.2) is 46.8 Å². The van der Waals surface area contributed by atoms with Crippen LogP contribution in [-0.4, -0.2) is 33.5 Å². The minimum absolute atomic E-state index is 0.0503. The molecule has 0 saturated carbocycles. The summed E-state index contributed by atoms with van der Waals surface area (Å²) < 4.78 is 7.89. The quantitative estimate of drug-likeness (QED) is 0.226. The average molecular weight is 469 g/mol. The van der Waals surface area contributed by atoms with Crippen molar-refractivity contribution in [1.82, 2.24) is 9.78 Å². The fraction of sp³-hybridized carbons (Fsp3) is 0.118. The highest BCUT2D eigenvalue weighted by atomic mass is 35.5. The highest BCUT2D eigenvalue weighted by Crippen LogP contribution is 2.30. The first-order valence-electron chi connectivity index (χ1n) is 7.98. The maximum atomic E-state index is 12.3. The molecule has 0 saturated heterocycles. The Bertz CT molecular complexity index is 1110. The summed E-state index contributed by atoms with van der Waals surface area (Å²) in [4.78, 5) is 22.7. The Morgan fingerprint density at radius 3 is 2.76 bits per heavy atom. The third-order valence-corrected chi connectivity index (χ3v) is 6.21. The maximum absolute atomic E-state index is 12.3. The van der Waals surface area contributed by atoms with Crippen molar-refractivity contribution >= 4 is 64.2 Å². The van der Waals surface area contributed by atoms with Crippen LogP contribution in [0.5, 0.6) is 5.75 Å². The number of nitro benzene ring substituents is 1. The molecule has 1 aromatic heterocycles. The van der Waals surface area contributed by atoms with E-state index in [1.807, 2.05) is 0 Å². The van der Waals surface area contributed by atoms with Crippen molar-refractivity contribution in [2.24, 2.45) is 0 Å². The molecule has 1 N–H and O–H groups in total. The van der Waals surface area contributed by atoms with Crippen LogP contribution in [-0.2, 0) is 4.79 Å². The molecule has 1 amide bonds. The molecule has 3 rings (SSSR count). The molecule has 8 nitrogen and oxygen atoms in total. The zero-order valence-corrected chi connectivity index (χ0v) is 18.0. The molecule has 3 aromatic rings. The number of carbonyl (C=O) groups is 1. The summed E-state index contributed by atoms with van der Waals surface area (Å²) in [6.07, 6.45) is 0. The van der Waals surface area contributed by atoms with Gasteiger partial charge in [0.05, 0.1) is 29.2 Å². The van der Waals surface area contributed by atoms with Gasteiger partial charge in [-0.05, 0) is 42.5 Å². The number of amides is 1. The van der Waals surface area contributed by atoms with E-state index in [0.717, 1.165) is 5.69 Å². The molecule has 0 unspecified atom stereocenters. The first kappa shape index (κ1) is 21.2. The number of halogens is 1. The number of nitrogens with zero attached hydrogens (tertiary/aromatic N) is 3. The summed E-state index contributed by atoms with van der Waals surface area (Å²) in [5.41, 5.74) is 0.855. The summed E-state index contributed by atoms with van der Waals surface area (Å²) in [5, 5.41) is 18.6. The van der Waals surface area contributed by atoms with Crippen molar-refractivity contribution in [3.05, 3.63) is 61.6 Å². The molecular weight excluding hydrogens is 456 g/mol. The number of aromatic nitrogens is 2. The highest BCUT2D eigenvalue weighted by molar-refractivity contribution is 8.01. The Balaban J connectivity index is 1.68. The van der Waals surface area contributed by atoms with E-state index in [1.165, 1.54) is 48.4 Å². The average Bonchev–Trinajstić information content (AvgIpc) is 3.07. The molecule has 12 heteroatoms. The van der Waals surface area contributed by atoms with Gasteiger partial charge in [0.2, 0.25) is 5.91 Å². The molecule has 150 valence electrons. The van der Waals surface area contributed by atoms with Crippen LogP contribution in [0.4, 0.5) is 11.4 Å². The van der Waals surface area contributed by atoms with E-state index in [-0.39, 0.29) is 23.0 Å². The molecule has 0 fully saturated rings. The number of rotatable bonds is 7. The number of nitrogens with one attached hydrogen (secondary N) is 1. The predicted octanol–water partition coefficient (Wildman–Crippen LogP) is 4.96. The Morgan fingerprint density at radius 2 is 2.10 bits per heavy atom. The standard InChI is InChI=1S/C17H13ClN4O4S3/c1-26-14-7-6-12(22(24)25)8-13(14)19-15(23)9-28-16-20-21(17(27)29-16)11-4-2-10(18)3-5-11/h2-8H,9H2,1H3,(H,19,23). The lowest BCUT2D eigenvalue weighted by atomic mass is 10.2. The summed E-state index contributed by atoms with van der Waals surface area (Å²) in [5.74, 6) is 0.0268. The van der Waals surface area contributed by atoms with Crippen molar-refractivity contribution in [2.75, 3.05) is 18.2 Å². The second-order valence-corrected chi connectivity index (χ2v) is 8.78. The van der Waals surface area contributed by atoms with Gasteiger partial charge in [0.15, 0.2) is 8.29 Å². The number of hydrogen-bond acceptors (Lipinski definition) is 8. The van der Waals surface area contributed by atoms with E-state index in [0.29, 0.717) is 19.1 Å². The number of benzene rings is 2. The van der Waals surface area contributed by atoms with E-state index in [2.05, 4.69) is 10.4 Å². The van der Waals surface area contributed by atoms with E-state index in [1.54, 1.807) is 28.9 Å². The molecule has 0 aliphatic rings. The summed E-state index contributed by atoms with van der Waals surface area (Å²) in [6.45, 7) is 0. The van der Waals surface area contributed by atoms with Gasteiger partial charge in [0, 0.05) is 17.2 Å². The number of non-ortho nitro benzene ring substituents is 1. The number of anilines is 1. The summed E-state index contributed by atoms with van der Waals surface area (Å²) in [7, 11) is 1.42. The monoisotopic (exact) mass is 468 g/mol. The lowest BCUT2D eigenvalue weighted by Crippen LogP contribution is -2.15. The zero-order valence-electron chi connectivity index (χ0n) is 14.8. The normalized spacial score (nSPS) is 10.6. The molecular formula is C17H13ClN4O4S3. The zero-order chi connectivity index (χ0) is 21.0. The second-order valence-electron chi connectivity index (χ2n) is 5.50. The smallest absolute Gasteiger partial charge is 0.271 e. The molecule has 0 spiro atoms.